The number of benzene rings is 4. The van der Waals surface area contributed by atoms with Crippen LogP contribution in [-0.4, -0.2) is 139 Å². The van der Waals surface area contributed by atoms with Gasteiger partial charge in [0.15, 0.2) is 5.96 Å². The zero-order valence-corrected chi connectivity index (χ0v) is 48.2. The first kappa shape index (κ1) is 63.0. The van der Waals surface area contributed by atoms with Crippen molar-refractivity contribution < 1.29 is 43.8 Å². The highest BCUT2D eigenvalue weighted by Gasteiger charge is 2.33. The number of aliphatic hydroxyl groups excluding tert-OH is 1. The number of likely N-dealkylation sites (tertiary alicyclic amines) is 1. The van der Waals surface area contributed by atoms with Crippen molar-refractivity contribution in [3.63, 3.8) is 0 Å². The van der Waals surface area contributed by atoms with E-state index >= 15 is 0 Å². The molecule has 4 aromatic carbocycles. The summed E-state index contributed by atoms with van der Waals surface area (Å²) in [7, 11) is 0. The molecule has 0 bridgehead atoms. The van der Waals surface area contributed by atoms with E-state index < -0.39 is 84.6 Å². The average molecular weight is 1190 g/mol. The number of pyridine rings is 2. The van der Waals surface area contributed by atoms with E-state index in [0.29, 0.717) is 52.6 Å². The normalized spacial score (nSPS) is 14.1. The minimum absolute atomic E-state index is 0.0219. The number of aromatic amines is 2. The number of hydrogen-bond acceptors (Lipinski definition) is 13. The fourth-order valence-corrected chi connectivity index (χ4v) is 10.4. The van der Waals surface area contributed by atoms with Gasteiger partial charge in [-0.25, -0.2) is 14.6 Å². The SMILES string of the molecule is CC(C)C(NC(=O)C(CCCN=C(N)N)NC(=O)CNC(=O)CCC(=O)Nc1ccc2[nH]c(=O)n(C3CCN(Cc4ccc(-c5nc6cc[nH]c(=O)c6cc5-c5ccccc5)cc4)CC3)c2c1)C(=O)NC(CO)C(=O)NC(Cc1ccccc1)C(=O)O. The summed E-state index contributed by atoms with van der Waals surface area (Å²) in [4.78, 5) is 135. The summed E-state index contributed by atoms with van der Waals surface area (Å²) in [6, 6.07) is 29.7. The molecule has 1 saturated heterocycles. The Morgan fingerprint density at radius 2 is 1.41 bits per heavy atom. The highest BCUT2D eigenvalue weighted by Crippen LogP contribution is 2.33. The first-order chi connectivity index (χ1) is 41.8. The fraction of sp³-hybridized carbons (Fsp3) is 0.339. The number of carbonyl (C=O) groups is 7. The number of anilines is 1. The lowest BCUT2D eigenvalue weighted by Crippen LogP contribution is -2.60. The largest absolute Gasteiger partial charge is 0.480 e. The van der Waals surface area contributed by atoms with Crippen molar-refractivity contribution in [1.82, 2.24) is 51.0 Å². The number of rotatable bonds is 27. The third kappa shape index (κ3) is 17.1. The van der Waals surface area contributed by atoms with E-state index in [1.165, 1.54) is 0 Å². The molecule has 3 aromatic heterocycles. The van der Waals surface area contributed by atoms with Crippen LogP contribution in [0.5, 0.6) is 0 Å². The van der Waals surface area contributed by atoms with Crippen LogP contribution in [0.4, 0.5) is 5.69 Å². The van der Waals surface area contributed by atoms with Gasteiger partial charge in [0.1, 0.15) is 24.2 Å². The average Bonchev–Trinajstić information content (AvgIpc) is 1.97. The van der Waals surface area contributed by atoms with Crippen LogP contribution in [0.1, 0.15) is 69.5 Å². The fourth-order valence-electron chi connectivity index (χ4n) is 10.4. The van der Waals surface area contributed by atoms with Crippen LogP contribution in [-0.2, 0) is 46.5 Å². The lowest BCUT2D eigenvalue weighted by molar-refractivity contribution is -0.142. The van der Waals surface area contributed by atoms with Crippen LogP contribution in [0.2, 0.25) is 0 Å². The number of amides is 6. The second kappa shape index (κ2) is 29.7. The van der Waals surface area contributed by atoms with Crippen molar-refractivity contribution in [1.29, 1.82) is 0 Å². The predicted octanol–water partition coefficient (Wildman–Crippen LogP) is 2.54. The molecule has 4 heterocycles. The van der Waals surface area contributed by atoms with Gasteiger partial charge in [-0.15, -0.1) is 0 Å². The van der Waals surface area contributed by atoms with Crippen molar-refractivity contribution in [3.8, 4) is 22.4 Å². The number of nitrogens with two attached hydrogens (primary N) is 2. The molecule has 4 unspecified atom stereocenters. The number of aromatic nitrogens is 4. The molecule has 6 amide bonds. The molecular weight excluding hydrogens is 1120 g/mol. The summed E-state index contributed by atoms with van der Waals surface area (Å²) < 4.78 is 1.73. The number of aliphatic imine (C=N–C) groups is 1. The number of aliphatic carboxylic acids is 1. The molecule has 1 aliphatic heterocycles. The van der Waals surface area contributed by atoms with Gasteiger partial charge in [0.2, 0.25) is 35.4 Å². The summed E-state index contributed by atoms with van der Waals surface area (Å²) in [5.74, 6) is -6.72. The van der Waals surface area contributed by atoms with Gasteiger partial charge in [-0.3, -0.25) is 48.0 Å². The quantitative estimate of drug-likeness (QED) is 0.0200. The van der Waals surface area contributed by atoms with E-state index in [-0.39, 0.29) is 61.9 Å². The Balaban J connectivity index is 0.806. The number of nitrogens with zero attached hydrogens (tertiary/aromatic N) is 4. The topological polar surface area (TPSA) is 383 Å². The van der Waals surface area contributed by atoms with Gasteiger partial charge in [0, 0.05) is 74.5 Å². The number of carboxylic acid groups (broad SMARTS) is 1. The van der Waals surface area contributed by atoms with Gasteiger partial charge in [-0.05, 0) is 78.6 Å². The van der Waals surface area contributed by atoms with Gasteiger partial charge < -0.3 is 63.5 Å². The molecule has 87 heavy (non-hydrogen) atoms. The van der Waals surface area contributed by atoms with Crippen LogP contribution < -0.4 is 54.6 Å². The number of carbonyl (C=O) groups excluding carboxylic acids is 6. The molecule has 25 nitrogen and oxygen atoms in total. The maximum atomic E-state index is 13.8. The van der Waals surface area contributed by atoms with Crippen LogP contribution in [0.3, 0.4) is 0 Å². The summed E-state index contributed by atoms with van der Waals surface area (Å²) in [6.07, 6.45) is 2.54. The number of fused-ring (bicyclic) bond motifs is 2. The Morgan fingerprint density at radius 1 is 0.736 bits per heavy atom. The molecule has 7 aromatic rings. The minimum Gasteiger partial charge on any atom is -0.480 e. The molecule has 0 saturated carbocycles. The molecule has 456 valence electrons. The smallest absolute Gasteiger partial charge is 0.326 e. The molecule has 0 spiro atoms. The van der Waals surface area contributed by atoms with Crippen molar-refractivity contribution in [2.75, 3.05) is 38.1 Å². The van der Waals surface area contributed by atoms with E-state index in [0.717, 1.165) is 41.0 Å². The number of piperidine rings is 1. The van der Waals surface area contributed by atoms with Crippen molar-refractivity contribution in [2.45, 2.75) is 95.5 Å². The van der Waals surface area contributed by atoms with Crippen LogP contribution in [0.25, 0.3) is 44.3 Å². The Morgan fingerprint density at radius 3 is 2.09 bits per heavy atom. The maximum absolute atomic E-state index is 13.8. The van der Waals surface area contributed by atoms with Crippen LogP contribution in [0, 0.1) is 5.92 Å². The number of H-pyrrole nitrogens is 2. The zero-order valence-electron chi connectivity index (χ0n) is 48.2. The van der Waals surface area contributed by atoms with Gasteiger partial charge >= 0.3 is 11.7 Å². The number of carboxylic acids is 1. The molecule has 25 heteroatoms. The van der Waals surface area contributed by atoms with E-state index in [9.17, 15) is 53.4 Å². The number of aliphatic hydroxyl groups is 1. The summed E-state index contributed by atoms with van der Waals surface area (Å²) >= 11 is 0. The monoisotopic (exact) mass is 1190 g/mol. The number of guanidine groups is 1. The van der Waals surface area contributed by atoms with Crippen LogP contribution >= 0.6 is 0 Å². The van der Waals surface area contributed by atoms with E-state index in [1.807, 2.05) is 36.4 Å². The first-order valence-corrected chi connectivity index (χ1v) is 28.7. The molecule has 0 aliphatic carbocycles. The first-order valence-electron chi connectivity index (χ1n) is 28.7. The highest BCUT2D eigenvalue weighted by atomic mass is 16.4. The third-order valence-corrected chi connectivity index (χ3v) is 15.0. The van der Waals surface area contributed by atoms with Crippen molar-refractivity contribution in [2.24, 2.45) is 22.4 Å². The minimum atomic E-state index is -1.59. The van der Waals surface area contributed by atoms with E-state index in [1.54, 1.807) is 79.2 Å². The van der Waals surface area contributed by atoms with Crippen molar-refractivity contribution >= 4 is 75.0 Å². The summed E-state index contributed by atoms with van der Waals surface area (Å²) in [6.45, 7) is 3.97. The Hall–Kier alpha value is -10.0. The Labute approximate surface area is 499 Å². The number of hydrogen-bond donors (Lipinski definition) is 12. The molecule has 14 N–H and O–H groups in total. The van der Waals surface area contributed by atoms with Crippen molar-refractivity contribution in [3.05, 3.63) is 153 Å². The number of nitrogens with one attached hydrogen (secondary N) is 8. The highest BCUT2D eigenvalue weighted by molar-refractivity contribution is 5.97. The Bertz CT molecular complexity index is 3740. The molecule has 8 rings (SSSR count). The second-order valence-electron chi connectivity index (χ2n) is 21.7. The lowest BCUT2D eigenvalue weighted by Gasteiger charge is -2.32. The summed E-state index contributed by atoms with van der Waals surface area (Å²) in [5, 5.41) is 35.5. The van der Waals surface area contributed by atoms with Gasteiger partial charge in [-0.1, -0.05) is 98.8 Å². The lowest BCUT2D eigenvalue weighted by atomic mass is 9.97. The third-order valence-electron chi connectivity index (χ3n) is 15.0. The predicted molar refractivity (Wildman–Crippen MR) is 328 cm³/mol. The Kier molecular flexibility index (Phi) is 21.5. The zero-order chi connectivity index (χ0) is 62.1. The number of imidazole rings is 1. The summed E-state index contributed by atoms with van der Waals surface area (Å²) in [5.41, 5.74) is 17.9. The van der Waals surface area contributed by atoms with Crippen LogP contribution in [0.15, 0.2) is 136 Å². The van der Waals surface area contributed by atoms with Gasteiger partial charge in [0.05, 0.1) is 40.8 Å². The van der Waals surface area contributed by atoms with E-state index in [4.69, 9.17) is 16.5 Å². The second-order valence-corrected chi connectivity index (χ2v) is 21.7. The molecule has 4 atom stereocenters. The van der Waals surface area contributed by atoms with Gasteiger partial charge in [0.25, 0.3) is 5.56 Å². The maximum Gasteiger partial charge on any atom is 0.326 e. The molecule has 0 radical (unpaired) electrons. The molecule has 1 aliphatic rings. The molecular formula is C62H72N14O11. The standard InChI is InChI=1S/C62H72N14O11/c1-36(2)54(59(84)72-49(35-77)58(83)71-48(60(85)86)30-37-10-5-3-6-11-37)74-57(82)47(14-9-26-66-61(63)64)69-53(80)33-67-51(78)21-22-52(79)68-41-19-20-46-50(31-41)76(62(87)73-46)42-24-28-75(29-25-42)34-38-15-17-40(18-16-38)55-43(39-12-7-4-8-13-39)32-44-45(70-55)23-27-65-56(44)81/h3-8,10-13,15-20,23,27,31-32,36,42,47-49,54,77H,9,14,21-22,24-26,28-30,33-35H2,1-2H3,(H,65,81)(H,67,78)(H,68,79)(H,69,80)(H,71,83)(H,72,84)(H,73,87)(H,74,82)(H,85,86)(H4,63,64,66). The van der Waals surface area contributed by atoms with Gasteiger partial charge in [-0.2, -0.15) is 0 Å². The van der Waals surface area contributed by atoms with E-state index in [2.05, 4.69) is 76.0 Å². The molecule has 1 fully saturated rings.